The van der Waals surface area contributed by atoms with E-state index in [1.807, 2.05) is 24.3 Å². The lowest BCUT2D eigenvalue weighted by Gasteiger charge is -2.22. The van der Waals surface area contributed by atoms with E-state index in [1.54, 1.807) is 14.2 Å². The normalized spacial score (nSPS) is 11.5. The van der Waals surface area contributed by atoms with Gasteiger partial charge in [-0.05, 0) is 91.3 Å². The molecule has 2 heteroatoms. The molecular weight excluding hydrogens is 404 g/mol. The number of aryl methyl sites for hydroxylation is 1. The number of hydrogen-bond donors (Lipinski definition) is 0. The Morgan fingerprint density at radius 2 is 1.00 bits per heavy atom. The Labute approximate surface area is 193 Å². The molecule has 6 rings (SSSR count). The van der Waals surface area contributed by atoms with E-state index in [1.165, 1.54) is 60.1 Å². The van der Waals surface area contributed by atoms with Crippen LogP contribution in [0.15, 0.2) is 91.0 Å². The summed E-state index contributed by atoms with van der Waals surface area (Å²) in [5.74, 6) is 1.72. The molecule has 0 fully saturated rings. The molecule has 2 nitrogen and oxygen atoms in total. The molecule has 6 aromatic carbocycles. The van der Waals surface area contributed by atoms with Crippen LogP contribution in [-0.2, 0) is 0 Å². The maximum Gasteiger partial charge on any atom is 0.118 e. The first-order chi connectivity index (χ1) is 16.2. The summed E-state index contributed by atoms with van der Waals surface area (Å²) >= 11 is 0. The van der Waals surface area contributed by atoms with Gasteiger partial charge in [0.05, 0.1) is 14.2 Å². The Hall–Kier alpha value is -4.04. The quantitative estimate of drug-likeness (QED) is 0.263. The second kappa shape index (κ2) is 7.53. The molecule has 0 N–H and O–H groups in total. The fraction of sp³-hybridized carbons (Fsp3) is 0.0968. The van der Waals surface area contributed by atoms with Crippen LogP contribution in [0.3, 0.4) is 0 Å². The first-order valence-electron chi connectivity index (χ1n) is 11.2. The highest BCUT2D eigenvalue weighted by Crippen LogP contribution is 2.47. The van der Waals surface area contributed by atoms with Crippen molar-refractivity contribution in [1.29, 1.82) is 0 Å². The molecule has 160 valence electrons. The average Bonchev–Trinajstić information content (AvgIpc) is 2.88. The lowest BCUT2D eigenvalue weighted by molar-refractivity contribution is 0.414. The van der Waals surface area contributed by atoms with Crippen molar-refractivity contribution in [2.75, 3.05) is 14.2 Å². The standard InChI is InChI=1S/C31H24O2/c1-19-26-17-11-20-5-4-6-21-12-18-27(31(26)29(20)21)30(23-9-15-25(33-3)16-10-23)28(19)22-7-13-24(32-2)14-8-22/h4-18H,1-3H3. The predicted octanol–water partition coefficient (Wildman–Crippen LogP) is 8.24. The van der Waals surface area contributed by atoms with E-state index < -0.39 is 0 Å². The van der Waals surface area contributed by atoms with Crippen molar-refractivity contribution in [3.63, 3.8) is 0 Å². The highest BCUT2D eigenvalue weighted by atomic mass is 16.5. The summed E-state index contributed by atoms with van der Waals surface area (Å²) < 4.78 is 10.9. The Balaban J connectivity index is 1.79. The first kappa shape index (κ1) is 19.6. The first-order valence-corrected chi connectivity index (χ1v) is 11.2. The monoisotopic (exact) mass is 428 g/mol. The van der Waals surface area contributed by atoms with Crippen LogP contribution < -0.4 is 9.47 Å². The molecule has 0 aliphatic heterocycles. The van der Waals surface area contributed by atoms with Crippen molar-refractivity contribution in [1.82, 2.24) is 0 Å². The molecule has 0 heterocycles. The van der Waals surface area contributed by atoms with Crippen molar-refractivity contribution >= 4 is 32.3 Å². The van der Waals surface area contributed by atoms with Crippen LogP contribution in [-0.4, -0.2) is 14.2 Å². The van der Waals surface area contributed by atoms with Gasteiger partial charge in [-0.1, -0.05) is 66.7 Å². The van der Waals surface area contributed by atoms with Crippen LogP contribution in [0.5, 0.6) is 11.5 Å². The topological polar surface area (TPSA) is 18.5 Å². The van der Waals surface area contributed by atoms with Gasteiger partial charge in [-0.25, -0.2) is 0 Å². The molecule has 0 aliphatic rings. The number of hydrogen-bond acceptors (Lipinski definition) is 2. The summed E-state index contributed by atoms with van der Waals surface area (Å²) in [7, 11) is 3.41. The maximum absolute atomic E-state index is 5.44. The largest absolute Gasteiger partial charge is 0.497 e. The summed E-state index contributed by atoms with van der Waals surface area (Å²) in [4.78, 5) is 0. The third kappa shape index (κ3) is 2.95. The number of ether oxygens (including phenoxy) is 2. The van der Waals surface area contributed by atoms with Crippen LogP contribution >= 0.6 is 0 Å². The van der Waals surface area contributed by atoms with E-state index in [9.17, 15) is 0 Å². The Morgan fingerprint density at radius 1 is 0.485 bits per heavy atom. The van der Waals surface area contributed by atoms with E-state index in [0.717, 1.165) is 11.5 Å². The molecule has 0 aromatic heterocycles. The van der Waals surface area contributed by atoms with Crippen molar-refractivity contribution < 1.29 is 9.47 Å². The van der Waals surface area contributed by atoms with Crippen LogP contribution in [0, 0.1) is 6.92 Å². The van der Waals surface area contributed by atoms with Gasteiger partial charge < -0.3 is 9.47 Å². The van der Waals surface area contributed by atoms with Crippen molar-refractivity contribution in [3.8, 4) is 33.8 Å². The van der Waals surface area contributed by atoms with Crippen LogP contribution in [0.4, 0.5) is 0 Å². The van der Waals surface area contributed by atoms with Crippen molar-refractivity contribution in [2.24, 2.45) is 0 Å². The summed E-state index contributed by atoms with van der Waals surface area (Å²) in [5.41, 5.74) is 6.17. The zero-order chi connectivity index (χ0) is 22.5. The Kier molecular flexibility index (Phi) is 4.48. The van der Waals surface area contributed by atoms with E-state index in [4.69, 9.17) is 9.47 Å². The van der Waals surface area contributed by atoms with E-state index in [-0.39, 0.29) is 0 Å². The predicted molar refractivity (Wildman–Crippen MR) is 139 cm³/mol. The zero-order valence-electron chi connectivity index (χ0n) is 19.0. The minimum atomic E-state index is 0.860. The molecular formula is C31H24O2. The molecule has 0 atom stereocenters. The van der Waals surface area contributed by atoms with Gasteiger partial charge >= 0.3 is 0 Å². The van der Waals surface area contributed by atoms with Gasteiger partial charge in [0.25, 0.3) is 0 Å². The average molecular weight is 429 g/mol. The molecule has 0 saturated heterocycles. The van der Waals surface area contributed by atoms with Crippen LogP contribution in [0.25, 0.3) is 54.6 Å². The van der Waals surface area contributed by atoms with Gasteiger partial charge in [-0.3, -0.25) is 0 Å². The van der Waals surface area contributed by atoms with Gasteiger partial charge in [0.1, 0.15) is 11.5 Å². The van der Waals surface area contributed by atoms with E-state index >= 15 is 0 Å². The van der Waals surface area contributed by atoms with E-state index in [0.29, 0.717) is 0 Å². The SMILES string of the molecule is COc1ccc(-c2c(C)c3ccc4cccc5ccc(c2-c2ccc(OC)cc2)c3c45)cc1. The Bertz CT molecular complexity index is 1590. The molecule has 0 unspecified atom stereocenters. The minimum Gasteiger partial charge on any atom is -0.497 e. The third-order valence-corrected chi connectivity index (χ3v) is 6.83. The van der Waals surface area contributed by atoms with Gasteiger partial charge in [0, 0.05) is 0 Å². The van der Waals surface area contributed by atoms with Crippen LogP contribution in [0.1, 0.15) is 5.56 Å². The number of rotatable bonds is 4. The lowest BCUT2D eigenvalue weighted by atomic mass is 9.82. The van der Waals surface area contributed by atoms with Gasteiger partial charge in [-0.15, -0.1) is 0 Å². The molecule has 33 heavy (non-hydrogen) atoms. The third-order valence-electron chi connectivity index (χ3n) is 6.83. The number of benzene rings is 6. The molecule has 0 bridgehead atoms. The highest BCUT2D eigenvalue weighted by molar-refractivity contribution is 6.28. The summed E-state index contributed by atoms with van der Waals surface area (Å²) in [6, 6.07) is 32.4. The maximum atomic E-state index is 5.44. The molecule has 0 spiro atoms. The second-order valence-corrected chi connectivity index (χ2v) is 8.51. The highest BCUT2D eigenvalue weighted by Gasteiger charge is 2.20. The van der Waals surface area contributed by atoms with Gasteiger partial charge in [0.2, 0.25) is 0 Å². The lowest BCUT2D eigenvalue weighted by Crippen LogP contribution is -1.96. The molecule has 0 saturated carbocycles. The minimum absolute atomic E-state index is 0.860. The van der Waals surface area contributed by atoms with E-state index in [2.05, 4.69) is 73.7 Å². The summed E-state index contributed by atoms with van der Waals surface area (Å²) in [5, 5.41) is 7.82. The molecule has 0 radical (unpaired) electrons. The summed E-state index contributed by atoms with van der Waals surface area (Å²) in [6.07, 6.45) is 0. The summed E-state index contributed by atoms with van der Waals surface area (Å²) in [6.45, 7) is 2.25. The fourth-order valence-corrected chi connectivity index (χ4v) is 5.24. The number of methoxy groups -OCH3 is 2. The molecule has 0 amide bonds. The van der Waals surface area contributed by atoms with Gasteiger partial charge in [0.15, 0.2) is 0 Å². The van der Waals surface area contributed by atoms with Crippen LogP contribution in [0.2, 0.25) is 0 Å². The fourth-order valence-electron chi connectivity index (χ4n) is 5.24. The Morgan fingerprint density at radius 3 is 1.55 bits per heavy atom. The second-order valence-electron chi connectivity index (χ2n) is 8.51. The van der Waals surface area contributed by atoms with Crippen molar-refractivity contribution in [3.05, 3.63) is 96.6 Å². The molecule has 0 aliphatic carbocycles. The van der Waals surface area contributed by atoms with Crippen molar-refractivity contribution in [2.45, 2.75) is 6.92 Å². The van der Waals surface area contributed by atoms with Gasteiger partial charge in [-0.2, -0.15) is 0 Å². The molecule has 6 aromatic rings. The zero-order valence-corrected chi connectivity index (χ0v) is 19.0. The smallest absolute Gasteiger partial charge is 0.118 e.